The summed E-state index contributed by atoms with van der Waals surface area (Å²) >= 11 is 0. The predicted octanol–water partition coefficient (Wildman–Crippen LogP) is 5.27. The summed E-state index contributed by atoms with van der Waals surface area (Å²) in [6.45, 7) is 9.37. The Kier molecular flexibility index (Phi) is 8.57. The van der Waals surface area contributed by atoms with Crippen LogP contribution in [0.15, 0.2) is 48.5 Å². The second-order valence-electron chi connectivity index (χ2n) is 10.2. The Morgan fingerprint density at radius 1 is 1.14 bits per heavy atom. The van der Waals surface area contributed by atoms with E-state index in [1.165, 1.54) is 48.2 Å². The first-order valence-corrected chi connectivity index (χ1v) is 12.1. The van der Waals surface area contributed by atoms with Gasteiger partial charge in [0, 0.05) is 6.04 Å². The molecular formula is C28H34FN3O5. The van der Waals surface area contributed by atoms with Crippen molar-refractivity contribution < 1.29 is 28.6 Å². The number of nitrogens with one attached hydrogen (secondary N) is 1. The highest BCUT2D eigenvalue weighted by Gasteiger charge is 2.26. The predicted molar refractivity (Wildman–Crippen MR) is 138 cm³/mol. The van der Waals surface area contributed by atoms with E-state index in [1.54, 1.807) is 32.9 Å². The molecule has 1 atom stereocenters. The van der Waals surface area contributed by atoms with Crippen LogP contribution >= 0.6 is 0 Å². The number of esters is 1. The molecule has 9 heteroatoms. The Hall–Kier alpha value is -3.88. The number of carbonyl (C=O) groups is 2. The van der Waals surface area contributed by atoms with Gasteiger partial charge in [0.15, 0.2) is 5.69 Å². The molecule has 1 aromatic heterocycles. The van der Waals surface area contributed by atoms with Gasteiger partial charge in [0.05, 0.1) is 30.5 Å². The van der Waals surface area contributed by atoms with Crippen LogP contribution in [0.4, 0.5) is 4.39 Å². The summed E-state index contributed by atoms with van der Waals surface area (Å²) in [7, 11) is 1.47. The van der Waals surface area contributed by atoms with Crippen LogP contribution in [-0.4, -0.2) is 45.5 Å². The van der Waals surface area contributed by atoms with E-state index in [-0.39, 0.29) is 23.8 Å². The van der Waals surface area contributed by atoms with Crippen LogP contribution in [0.2, 0.25) is 0 Å². The van der Waals surface area contributed by atoms with Crippen molar-refractivity contribution in [1.29, 1.82) is 0 Å². The summed E-state index contributed by atoms with van der Waals surface area (Å²) in [6.07, 6.45) is 0.573. The molecule has 0 bridgehead atoms. The SMILES string of the molecule is COc1cccc(O)c1-c1cc(C(=O)NC(CC(=O)OC(C)(C)C)CC(C)C)nn1-c1ccc(F)cc1. The topological polar surface area (TPSA) is 103 Å². The molecule has 198 valence electrons. The molecule has 1 heterocycles. The maximum absolute atomic E-state index is 13.6. The van der Waals surface area contributed by atoms with Gasteiger partial charge in [-0.25, -0.2) is 9.07 Å². The summed E-state index contributed by atoms with van der Waals surface area (Å²) < 4.78 is 25.9. The van der Waals surface area contributed by atoms with Crippen molar-refractivity contribution in [2.75, 3.05) is 7.11 Å². The van der Waals surface area contributed by atoms with E-state index in [4.69, 9.17) is 9.47 Å². The van der Waals surface area contributed by atoms with Crippen LogP contribution < -0.4 is 10.1 Å². The number of ether oxygens (including phenoxy) is 2. The molecule has 1 amide bonds. The van der Waals surface area contributed by atoms with E-state index in [9.17, 15) is 19.1 Å². The van der Waals surface area contributed by atoms with Crippen molar-refractivity contribution in [3.8, 4) is 28.4 Å². The van der Waals surface area contributed by atoms with Gasteiger partial charge in [-0.3, -0.25) is 9.59 Å². The van der Waals surface area contributed by atoms with Gasteiger partial charge < -0.3 is 19.9 Å². The lowest BCUT2D eigenvalue weighted by atomic mass is 10.0. The van der Waals surface area contributed by atoms with Crippen molar-refractivity contribution in [1.82, 2.24) is 15.1 Å². The van der Waals surface area contributed by atoms with E-state index in [1.807, 2.05) is 13.8 Å². The van der Waals surface area contributed by atoms with Crippen LogP contribution in [0.1, 0.15) is 57.9 Å². The highest BCUT2D eigenvalue weighted by Crippen LogP contribution is 2.39. The zero-order chi connectivity index (χ0) is 27.3. The highest BCUT2D eigenvalue weighted by atomic mass is 19.1. The first-order chi connectivity index (χ1) is 17.4. The molecule has 37 heavy (non-hydrogen) atoms. The maximum atomic E-state index is 13.6. The Morgan fingerprint density at radius 3 is 2.41 bits per heavy atom. The lowest BCUT2D eigenvalue weighted by Gasteiger charge is -2.23. The third-order valence-corrected chi connectivity index (χ3v) is 5.42. The number of phenols is 1. The zero-order valence-corrected chi connectivity index (χ0v) is 22.0. The number of carbonyl (C=O) groups excluding carboxylic acids is 2. The minimum absolute atomic E-state index is 0.0139. The van der Waals surface area contributed by atoms with Gasteiger partial charge in [0.1, 0.15) is 22.9 Å². The monoisotopic (exact) mass is 511 g/mol. The van der Waals surface area contributed by atoms with Gasteiger partial charge >= 0.3 is 5.97 Å². The van der Waals surface area contributed by atoms with Gasteiger partial charge in [-0.15, -0.1) is 0 Å². The molecule has 0 fully saturated rings. The van der Waals surface area contributed by atoms with Crippen molar-refractivity contribution in [3.05, 3.63) is 60.0 Å². The van der Waals surface area contributed by atoms with Crippen LogP contribution in [0.5, 0.6) is 11.5 Å². The molecule has 0 spiro atoms. The fourth-order valence-electron chi connectivity index (χ4n) is 4.00. The molecule has 0 aliphatic heterocycles. The standard InChI is InChI=1S/C28H34FN3O5/c1-17(2)14-19(15-25(34)37-28(3,4)5)30-27(35)21-16-22(26-23(33)8-7-9-24(26)36-6)32(31-21)20-12-10-18(29)11-13-20/h7-13,16-17,19,33H,14-15H2,1-6H3,(H,30,35). The van der Waals surface area contributed by atoms with E-state index in [0.717, 1.165) is 0 Å². The largest absolute Gasteiger partial charge is 0.507 e. The number of phenolic OH excluding ortho intramolecular Hbond substituents is 1. The van der Waals surface area contributed by atoms with Crippen LogP contribution in [0.25, 0.3) is 16.9 Å². The molecule has 3 rings (SSSR count). The zero-order valence-electron chi connectivity index (χ0n) is 22.0. The second kappa shape index (κ2) is 11.5. The maximum Gasteiger partial charge on any atom is 0.308 e. The number of methoxy groups -OCH3 is 1. The van der Waals surface area contributed by atoms with Crippen molar-refractivity contribution >= 4 is 11.9 Å². The minimum Gasteiger partial charge on any atom is -0.507 e. The highest BCUT2D eigenvalue weighted by molar-refractivity contribution is 5.94. The van der Waals surface area contributed by atoms with Gasteiger partial charge in [-0.1, -0.05) is 19.9 Å². The Labute approximate surface area is 216 Å². The number of hydrogen-bond donors (Lipinski definition) is 2. The number of nitrogens with zero attached hydrogens (tertiary/aromatic N) is 2. The quantitative estimate of drug-likeness (QED) is 0.380. The summed E-state index contributed by atoms with van der Waals surface area (Å²) in [5.41, 5.74) is 0.603. The molecule has 0 saturated heterocycles. The average molecular weight is 512 g/mol. The Bertz CT molecular complexity index is 1250. The Balaban J connectivity index is 2.00. The van der Waals surface area contributed by atoms with Gasteiger partial charge in [0.2, 0.25) is 0 Å². The fraction of sp³-hybridized carbons (Fsp3) is 0.393. The van der Waals surface area contributed by atoms with Crippen LogP contribution in [-0.2, 0) is 9.53 Å². The first kappa shape index (κ1) is 27.7. The summed E-state index contributed by atoms with van der Waals surface area (Å²) in [4.78, 5) is 25.8. The minimum atomic E-state index is -0.636. The summed E-state index contributed by atoms with van der Waals surface area (Å²) in [5.74, 6) is -0.810. The molecule has 0 aliphatic rings. The smallest absolute Gasteiger partial charge is 0.308 e. The van der Waals surface area contributed by atoms with Crippen molar-refractivity contribution in [3.63, 3.8) is 0 Å². The number of amides is 1. The van der Waals surface area contributed by atoms with Crippen LogP contribution in [0, 0.1) is 11.7 Å². The molecule has 8 nitrogen and oxygen atoms in total. The summed E-state index contributed by atoms with van der Waals surface area (Å²) in [6, 6.07) is 11.5. The van der Waals surface area contributed by atoms with E-state index < -0.39 is 29.3 Å². The fourth-order valence-corrected chi connectivity index (χ4v) is 4.00. The van der Waals surface area contributed by atoms with Crippen molar-refractivity contribution in [2.45, 2.75) is 59.1 Å². The average Bonchev–Trinajstić information content (AvgIpc) is 3.22. The molecule has 1 unspecified atom stereocenters. The van der Waals surface area contributed by atoms with Gasteiger partial charge in [-0.2, -0.15) is 5.10 Å². The normalized spacial score (nSPS) is 12.3. The third kappa shape index (κ3) is 7.31. The lowest BCUT2D eigenvalue weighted by Crippen LogP contribution is -2.39. The van der Waals surface area contributed by atoms with E-state index in [0.29, 0.717) is 29.1 Å². The van der Waals surface area contributed by atoms with E-state index in [2.05, 4.69) is 10.4 Å². The number of hydrogen-bond acceptors (Lipinski definition) is 6. The third-order valence-electron chi connectivity index (χ3n) is 5.42. The number of aromatic nitrogens is 2. The Morgan fingerprint density at radius 2 is 1.81 bits per heavy atom. The lowest BCUT2D eigenvalue weighted by molar-refractivity contribution is -0.155. The van der Waals surface area contributed by atoms with E-state index >= 15 is 0 Å². The second-order valence-corrected chi connectivity index (χ2v) is 10.2. The molecule has 2 N–H and O–H groups in total. The number of halogens is 1. The molecule has 0 aliphatic carbocycles. The molecular weight excluding hydrogens is 477 g/mol. The molecule has 0 saturated carbocycles. The number of rotatable bonds is 9. The van der Waals surface area contributed by atoms with Crippen molar-refractivity contribution in [2.24, 2.45) is 5.92 Å². The van der Waals surface area contributed by atoms with Gasteiger partial charge in [-0.05, 0) is 75.6 Å². The molecule has 2 aromatic carbocycles. The molecule has 0 radical (unpaired) electrons. The van der Waals surface area contributed by atoms with Crippen LogP contribution in [0.3, 0.4) is 0 Å². The number of benzene rings is 2. The number of aromatic hydroxyl groups is 1. The summed E-state index contributed by atoms with van der Waals surface area (Å²) in [5, 5.41) is 18.0. The first-order valence-electron chi connectivity index (χ1n) is 12.1. The van der Waals surface area contributed by atoms with Gasteiger partial charge in [0.25, 0.3) is 5.91 Å². The molecule has 3 aromatic rings.